The molecule has 4 aliphatic carbocycles. The Morgan fingerprint density at radius 3 is 1.43 bits per heavy atom. The van der Waals surface area contributed by atoms with E-state index >= 15 is 0 Å². The zero-order valence-corrected chi connectivity index (χ0v) is 68.3. The van der Waals surface area contributed by atoms with E-state index in [0.29, 0.717) is 68.4 Å². The van der Waals surface area contributed by atoms with E-state index in [9.17, 15) is 71.6 Å². The molecule has 4 saturated carbocycles. The minimum Gasteiger partial charge on any atom is -0.444 e. The van der Waals surface area contributed by atoms with Gasteiger partial charge in [-0.1, -0.05) is 36.4 Å². The lowest BCUT2D eigenvalue weighted by molar-refractivity contribution is -0.123. The molecule has 0 unspecified atom stereocenters. The van der Waals surface area contributed by atoms with Crippen molar-refractivity contribution in [3.63, 3.8) is 0 Å². The van der Waals surface area contributed by atoms with Gasteiger partial charge < -0.3 is 89.7 Å². The smallest absolute Gasteiger partial charge is 0.408 e. The number of alkyl halides is 6. The van der Waals surface area contributed by atoms with Crippen molar-refractivity contribution in [2.45, 2.75) is 262 Å². The summed E-state index contributed by atoms with van der Waals surface area (Å²) >= 11 is -4.67. The summed E-state index contributed by atoms with van der Waals surface area (Å²) in [5.74, 6) is -9.78. The number of nitrogens with one attached hydrogen (secondary N) is 9. The van der Waals surface area contributed by atoms with Crippen LogP contribution < -0.4 is 76.2 Å². The van der Waals surface area contributed by atoms with E-state index in [0.717, 1.165) is 16.8 Å². The quantitative estimate of drug-likeness (QED) is 0.0189. The number of halogens is 9. The van der Waals surface area contributed by atoms with Gasteiger partial charge in [-0.25, -0.2) is 66.5 Å². The lowest BCUT2D eigenvalue weighted by atomic mass is 9.87. The second kappa shape index (κ2) is 42.5. The Bertz CT molecular complexity index is 4110. The van der Waals surface area contributed by atoms with Crippen LogP contribution in [0.25, 0.3) is 0 Å². The van der Waals surface area contributed by atoms with Crippen LogP contribution in [0.3, 0.4) is 0 Å². The molecule has 3 aromatic carbocycles. The molecule has 4 fully saturated rings. The van der Waals surface area contributed by atoms with Crippen molar-refractivity contribution in [3.05, 3.63) is 107 Å². The average molecular weight is 1670 g/mol. The Balaban J connectivity index is 0.000000307. The minimum atomic E-state index is -4.67. The van der Waals surface area contributed by atoms with Crippen molar-refractivity contribution in [2.24, 2.45) is 33.8 Å². The van der Waals surface area contributed by atoms with E-state index in [1.54, 1.807) is 107 Å². The molecule has 19 N–H and O–H groups in total. The minimum absolute atomic E-state index is 0.0325. The normalized spacial score (nSPS) is 20.8. The highest BCUT2D eigenvalue weighted by Gasteiger charge is 2.50. The fraction of sp³-hybridized carbons (Fsp3) is 0.560. The predicted molar refractivity (Wildman–Crippen MR) is 422 cm³/mol. The van der Waals surface area contributed by atoms with Crippen LogP contribution in [0.1, 0.15) is 192 Å². The molecule has 5 aromatic rings. The van der Waals surface area contributed by atoms with Gasteiger partial charge in [0, 0.05) is 61.7 Å². The Hall–Kier alpha value is -10.3. The van der Waals surface area contributed by atoms with Gasteiger partial charge in [-0.05, 0) is 196 Å². The van der Waals surface area contributed by atoms with Crippen LogP contribution in [0.15, 0.2) is 90.3 Å². The summed E-state index contributed by atoms with van der Waals surface area (Å²) in [6.07, 6.45) is 3.23. The molecule has 2 heterocycles. The zero-order chi connectivity index (χ0) is 87.7. The van der Waals surface area contributed by atoms with Gasteiger partial charge >= 0.3 is 30.4 Å². The highest BCUT2D eigenvalue weighted by atomic mass is 32.3. The van der Waals surface area contributed by atoms with Crippen molar-refractivity contribution < 1.29 is 95.3 Å². The number of anilines is 6. The third-order valence-corrected chi connectivity index (χ3v) is 16.5. The fourth-order valence-electron chi connectivity index (χ4n) is 11.4. The number of amides is 6. The number of carbonyl (C=O) groups is 7. The Labute approximate surface area is 670 Å². The van der Waals surface area contributed by atoms with Crippen molar-refractivity contribution >= 4 is 93.5 Å². The molecule has 646 valence electrons. The van der Waals surface area contributed by atoms with Crippen LogP contribution in [0.4, 0.5) is 97.5 Å². The molecule has 0 radical (unpaired) electrons. The summed E-state index contributed by atoms with van der Waals surface area (Å²) in [5.41, 5.74) is 38.6. The lowest BCUT2D eigenvalue weighted by Crippen LogP contribution is -2.62. The van der Waals surface area contributed by atoms with E-state index in [1.807, 2.05) is 62.4 Å². The molecule has 0 saturated heterocycles. The predicted octanol–water partition coefficient (Wildman–Crippen LogP) is 14.9. The molecule has 0 aliphatic heterocycles. The Morgan fingerprint density at radius 1 is 0.543 bits per heavy atom. The second-order valence-electron chi connectivity index (χ2n) is 31.6. The summed E-state index contributed by atoms with van der Waals surface area (Å²) < 4.78 is 133. The number of para-hydroxylation sites is 2. The number of aromatic nitrogens is 4. The van der Waals surface area contributed by atoms with Crippen LogP contribution in [0, 0.1) is 19.4 Å². The first-order valence-corrected chi connectivity index (χ1v) is 38.6. The standard InChI is InChI=1S/C18H22F2N6O.C18H17N7O2.C16H28F2N2O4.C16H28N2O5.C6H12F2N2.CH3F3S/c1-10-4-2-5-11(8-10)24-16-12(15(22)27)9-23-17(26-16)25-13-6-3-7-18(19,20)14(13)21;1-11-5-4-6-12(9-11)22-17-13(16(19)26)10-21-18(23-17)27-25-15-8-3-2-7-14(15)24-20;1-14(2,3)23-12(21)19-10-8-7-9-16(17,18)11(10)20-13(22)24-15(4,5)6;1-15(2,3)22-13(20)17-10-8-7-9-11(19)12(10)18-14(21)23-16(4,5)6;7-6(8)3-1-2-4(9)5(6)10;1-5(2,3)4/h2,4-5,8-9,13-14H,3,6-7,21H2,1H3,(H2,22,27)(H2,23,24,25,26);2-10,20,25H,1H3,(H2,19,26)(H,21,22,23);10-11H,7-9H2,1-6H3,(H,19,21)(H,20,22);10,12H,7-9H2,1-6H3,(H,17,20)(H,18,21);4-5H,1-3,9-10H2;1H3/t13-,14-;;10-,11-;10-,12-;4-,5-;/m1.111./s1. The van der Waals surface area contributed by atoms with Gasteiger partial charge in [0.05, 0.1) is 35.9 Å². The second-order valence-corrected chi connectivity index (χ2v) is 32.9. The molecule has 0 spiro atoms. The molecule has 6 amide bonds. The summed E-state index contributed by atoms with van der Waals surface area (Å²) in [7, 11) is 0. The number of benzene rings is 3. The molecule has 41 heteroatoms. The van der Waals surface area contributed by atoms with Crippen LogP contribution in [0.5, 0.6) is 6.01 Å². The van der Waals surface area contributed by atoms with Gasteiger partial charge in [0.1, 0.15) is 57.1 Å². The van der Waals surface area contributed by atoms with Crippen LogP contribution in [-0.4, -0.2) is 157 Å². The number of alkyl carbamates (subject to hydrolysis) is 4. The molecule has 9 rings (SSSR count). The summed E-state index contributed by atoms with van der Waals surface area (Å²) in [4.78, 5) is 105. The zero-order valence-electron chi connectivity index (χ0n) is 67.5. The molecule has 116 heavy (non-hydrogen) atoms. The van der Waals surface area contributed by atoms with Gasteiger partial charge in [-0.15, -0.1) is 11.7 Å². The maximum absolute atomic E-state index is 14.2. The van der Waals surface area contributed by atoms with Crippen LogP contribution >= 0.6 is 11.2 Å². The van der Waals surface area contributed by atoms with Gasteiger partial charge in [-0.2, -0.15) is 15.1 Å². The number of Topliss-reactive ketones (excluding diaryl/α,β-unsaturated/α-hetero) is 1. The lowest BCUT2D eigenvalue weighted by Gasteiger charge is -2.38. The number of rotatable bonds is 16. The number of nitrogens with two attached hydrogens (primary N) is 5. The van der Waals surface area contributed by atoms with Crippen LogP contribution in [-0.2, 0) is 23.7 Å². The number of carbonyl (C=O) groups excluding carboxylic acids is 7. The monoisotopic (exact) mass is 1670 g/mol. The molecule has 31 nitrogen and oxygen atoms in total. The van der Waals surface area contributed by atoms with Crippen LogP contribution in [0.2, 0.25) is 0 Å². The van der Waals surface area contributed by atoms with E-state index < -0.39 is 136 Å². The summed E-state index contributed by atoms with van der Waals surface area (Å²) in [5, 5.41) is 22.2. The first-order valence-electron chi connectivity index (χ1n) is 36.9. The van der Waals surface area contributed by atoms with E-state index in [1.165, 1.54) is 12.4 Å². The van der Waals surface area contributed by atoms with Gasteiger partial charge in [0.2, 0.25) is 17.1 Å². The van der Waals surface area contributed by atoms with E-state index in [-0.39, 0.29) is 72.4 Å². The van der Waals surface area contributed by atoms with Gasteiger partial charge in [0.25, 0.3) is 29.6 Å². The van der Waals surface area contributed by atoms with E-state index in [4.69, 9.17) is 58.0 Å². The van der Waals surface area contributed by atoms with Crippen molar-refractivity contribution in [2.75, 3.05) is 27.7 Å². The number of nitrogens with zero attached hydrogens (tertiary/aromatic N) is 5. The molecule has 4 aliphatic rings. The number of ketones is 1. The molecular weight excluding hydrogens is 1560 g/mol. The third-order valence-electron chi connectivity index (χ3n) is 16.5. The number of hydrogen-bond donors (Lipinski definition) is 14. The van der Waals surface area contributed by atoms with Crippen molar-refractivity contribution in [3.8, 4) is 6.01 Å². The topological polar surface area (TPSA) is 480 Å². The maximum Gasteiger partial charge on any atom is 0.408 e. The average Bonchev–Trinajstić information content (AvgIpc) is 0.812. The highest BCUT2D eigenvalue weighted by Crippen LogP contribution is 2.48. The number of aryl methyl sites for hydroxylation is 2. The Morgan fingerprint density at radius 2 is 0.966 bits per heavy atom. The highest BCUT2D eigenvalue weighted by molar-refractivity contribution is 8.20. The third kappa shape index (κ3) is 35.8. The Kier molecular flexibility index (Phi) is 36.0. The maximum atomic E-state index is 14.2. The first kappa shape index (κ1) is 98.1. The molecule has 8 atom stereocenters. The van der Waals surface area contributed by atoms with E-state index in [2.05, 4.69) is 67.7 Å². The first-order chi connectivity index (χ1) is 53.4. The molecule has 2 aromatic heterocycles. The fourth-order valence-corrected chi connectivity index (χ4v) is 11.4. The molecular formula is C75H110F9N19O12S. The number of ether oxygens (including phenoxy) is 4. The number of primary amides is 2. The summed E-state index contributed by atoms with van der Waals surface area (Å²) in [6, 6.07) is 14.4. The molecule has 0 bridgehead atoms. The van der Waals surface area contributed by atoms with Gasteiger partial charge in [0.15, 0.2) is 11.6 Å². The SMILES string of the molecule is CC(C)(C)OC(=O)N[C@@H]1CCCC(=O)[C@@H]1NC(=O)OC(C)(C)C.CC(C)(C)OC(=O)N[C@@H]1[C@H](NC(=O)OC(C)(C)C)CCCC1(F)F.CS(F)(F)F.Cc1cccc(Nc2nc(N[C@@H]3CCCC(F)(F)[C@@H]3N)ncc2C(N)=O)c1.Cc1cccc(Nc2nc(ONc3ccccc3N=N)ncc2C(N)=O)c1.N[C@@H]1CCCC(F)(F)[C@@H]1N. The van der Waals surface area contributed by atoms with Crippen molar-refractivity contribution in [1.29, 1.82) is 5.53 Å². The number of hydrogen-bond acceptors (Lipinski definition) is 25. The summed E-state index contributed by atoms with van der Waals surface area (Å²) in [6.45, 7) is 24.3. The van der Waals surface area contributed by atoms with Crippen molar-refractivity contribution in [1.82, 2.24) is 41.2 Å². The largest absolute Gasteiger partial charge is 0.444 e. The van der Waals surface area contributed by atoms with Gasteiger partial charge in [-0.3, -0.25) is 14.4 Å².